The van der Waals surface area contributed by atoms with E-state index in [1.54, 1.807) is 26.2 Å². The number of carbonyl (C=O) groups is 4. The predicted octanol–water partition coefficient (Wildman–Crippen LogP) is 0.849. The Labute approximate surface area is 241 Å². The van der Waals surface area contributed by atoms with Crippen LogP contribution >= 0.6 is 0 Å². The van der Waals surface area contributed by atoms with Gasteiger partial charge in [-0.3, -0.25) is 24.1 Å². The standard InChI is InChI=1S/C30H32N4O8/c1-34(2)23-17-11-16-10-15-8-9-18(32-13-19(35)33-12-14-6-4-3-5-7-14)24(36)20(15)25(37)21(16)27(39)30(17,42)28(40)22(26(23)38)29(31)41/h3-9,16-17,23,32,36,38-39,42H,10-13H2,1-2H3,(H2,31,41)(H,33,35)/t16-,17-,23+,30-/m1/s1. The zero-order valence-corrected chi connectivity index (χ0v) is 23.0. The lowest BCUT2D eigenvalue weighted by Crippen LogP contribution is -2.63. The van der Waals surface area contributed by atoms with E-state index in [9.17, 15) is 39.6 Å². The van der Waals surface area contributed by atoms with E-state index in [0.29, 0.717) is 12.1 Å². The Morgan fingerprint density at radius 1 is 1.07 bits per heavy atom. The lowest BCUT2D eigenvalue weighted by atomic mass is 9.58. The van der Waals surface area contributed by atoms with Crippen LogP contribution in [-0.2, 0) is 27.3 Å². The lowest BCUT2D eigenvalue weighted by molar-refractivity contribution is -0.148. The lowest BCUT2D eigenvalue weighted by Gasteiger charge is -2.50. The van der Waals surface area contributed by atoms with Crippen LogP contribution in [0.2, 0.25) is 0 Å². The Morgan fingerprint density at radius 2 is 1.76 bits per heavy atom. The van der Waals surface area contributed by atoms with Crippen LogP contribution in [0.15, 0.2) is 65.1 Å². The van der Waals surface area contributed by atoms with Gasteiger partial charge in [0.15, 0.2) is 11.4 Å². The monoisotopic (exact) mass is 576 g/mol. The van der Waals surface area contributed by atoms with Crippen LogP contribution in [0.5, 0.6) is 5.75 Å². The molecule has 42 heavy (non-hydrogen) atoms. The van der Waals surface area contributed by atoms with Gasteiger partial charge in [0, 0.05) is 18.0 Å². The largest absolute Gasteiger partial charge is 0.510 e. The molecule has 0 unspecified atom stereocenters. The molecule has 5 rings (SSSR count). The van der Waals surface area contributed by atoms with Crippen LogP contribution < -0.4 is 16.4 Å². The molecule has 4 atom stereocenters. The van der Waals surface area contributed by atoms with Crippen molar-refractivity contribution in [3.8, 4) is 5.75 Å². The molecule has 3 aliphatic rings. The van der Waals surface area contributed by atoms with Gasteiger partial charge in [0.1, 0.15) is 22.8 Å². The normalized spacial score (nSPS) is 25.1. The number of primary amides is 1. The van der Waals surface area contributed by atoms with Crippen molar-refractivity contribution in [2.45, 2.75) is 31.0 Å². The molecule has 0 aliphatic heterocycles. The van der Waals surface area contributed by atoms with Crippen molar-refractivity contribution >= 4 is 29.1 Å². The first-order valence-electron chi connectivity index (χ1n) is 13.4. The number of benzene rings is 2. The molecular weight excluding hydrogens is 544 g/mol. The molecule has 2 aromatic rings. The number of nitrogens with one attached hydrogen (secondary N) is 2. The minimum atomic E-state index is -2.70. The molecule has 0 heterocycles. The van der Waals surface area contributed by atoms with Gasteiger partial charge in [-0.1, -0.05) is 36.4 Å². The number of amides is 2. The SMILES string of the molecule is CN(C)[C@@H]1C(O)=C(C(N)=O)C(=O)[C@]2(O)C(O)=C3C(=O)c4c(ccc(NCC(=O)NCc5ccccc5)c4O)C[C@@H]3C[C@H]12. The molecular formula is C30H32N4O8. The molecule has 0 saturated carbocycles. The number of allylic oxidation sites excluding steroid dienone is 1. The van der Waals surface area contributed by atoms with Crippen LogP contribution in [0, 0.1) is 11.8 Å². The summed E-state index contributed by atoms with van der Waals surface area (Å²) < 4.78 is 0. The fourth-order valence-electron chi connectivity index (χ4n) is 6.40. The van der Waals surface area contributed by atoms with Crippen LogP contribution in [0.3, 0.4) is 0 Å². The van der Waals surface area contributed by atoms with Gasteiger partial charge in [-0.2, -0.15) is 0 Å². The molecule has 220 valence electrons. The fourth-order valence-corrected chi connectivity index (χ4v) is 6.40. The molecule has 0 radical (unpaired) electrons. The number of aliphatic hydroxyl groups excluding tert-OH is 2. The third-order valence-electron chi connectivity index (χ3n) is 8.37. The molecule has 0 spiro atoms. The Bertz CT molecular complexity index is 1560. The third kappa shape index (κ3) is 4.48. The first-order chi connectivity index (χ1) is 19.9. The fraction of sp³-hybridized carbons (Fsp3) is 0.333. The maximum absolute atomic E-state index is 13.8. The number of carbonyl (C=O) groups excluding carboxylic acids is 4. The van der Waals surface area contributed by atoms with Gasteiger partial charge in [-0.05, 0) is 50.0 Å². The molecule has 2 amide bonds. The van der Waals surface area contributed by atoms with Gasteiger partial charge in [-0.15, -0.1) is 0 Å². The van der Waals surface area contributed by atoms with E-state index in [2.05, 4.69) is 10.6 Å². The van der Waals surface area contributed by atoms with E-state index in [4.69, 9.17) is 5.73 Å². The molecule has 0 bridgehead atoms. The number of aliphatic hydroxyl groups is 3. The Hall–Kier alpha value is -4.68. The van der Waals surface area contributed by atoms with Gasteiger partial charge in [0.05, 0.1) is 23.8 Å². The van der Waals surface area contributed by atoms with Gasteiger partial charge < -0.3 is 36.8 Å². The number of hydrogen-bond donors (Lipinski definition) is 7. The van der Waals surface area contributed by atoms with E-state index in [-0.39, 0.29) is 42.1 Å². The maximum Gasteiger partial charge on any atom is 0.255 e. The van der Waals surface area contributed by atoms with Crippen molar-refractivity contribution in [3.63, 3.8) is 0 Å². The van der Waals surface area contributed by atoms with E-state index in [1.165, 1.54) is 4.90 Å². The van der Waals surface area contributed by atoms with Gasteiger partial charge in [0.2, 0.25) is 11.7 Å². The highest BCUT2D eigenvalue weighted by molar-refractivity contribution is 6.24. The van der Waals surface area contributed by atoms with E-state index in [0.717, 1.165) is 5.56 Å². The van der Waals surface area contributed by atoms with E-state index in [1.807, 2.05) is 30.3 Å². The first-order valence-corrected chi connectivity index (χ1v) is 13.4. The summed E-state index contributed by atoms with van der Waals surface area (Å²) in [5.41, 5.74) is 2.91. The Kier molecular flexibility index (Phi) is 7.29. The smallest absolute Gasteiger partial charge is 0.255 e. The molecule has 12 heteroatoms. The number of rotatable bonds is 7. The summed E-state index contributed by atoms with van der Waals surface area (Å²) in [6, 6.07) is 11.4. The van der Waals surface area contributed by atoms with Gasteiger partial charge in [0.25, 0.3) is 5.91 Å². The van der Waals surface area contributed by atoms with E-state index < -0.39 is 63.8 Å². The number of ketones is 2. The number of hydrogen-bond acceptors (Lipinski definition) is 10. The molecule has 12 nitrogen and oxygen atoms in total. The van der Waals surface area contributed by atoms with Crippen LogP contribution in [0.25, 0.3) is 0 Å². The van der Waals surface area contributed by atoms with Crippen molar-refractivity contribution < 1.29 is 39.6 Å². The van der Waals surface area contributed by atoms with Crippen molar-refractivity contribution in [3.05, 3.63) is 81.8 Å². The molecule has 8 N–H and O–H groups in total. The summed E-state index contributed by atoms with van der Waals surface area (Å²) >= 11 is 0. The zero-order chi connectivity index (χ0) is 30.5. The Morgan fingerprint density at radius 3 is 2.40 bits per heavy atom. The maximum atomic E-state index is 13.8. The third-order valence-corrected chi connectivity index (χ3v) is 8.37. The van der Waals surface area contributed by atoms with Crippen molar-refractivity contribution in [2.24, 2.45) is 17.6 Å². The number of nitrogens with two attached hydrogens (primary N) is 1. The number of aromatic hydroxyl groups is 1. The summed E-state index contributed by atoms with van der Waals surface area (Å²) in [6.45, 7) is 0.115. The zero-order valence-electron chi connectivity index (χ0n) is 23.0. The molecule has 0 saturated heterocycles. The van der Waals surface area contributed by atoms with Crippen LogP contribution in [0.1, 0.15) is 27.9 Å². The number of phenolic OH excluding ortho intramolecular Hbond substituents is 1. The first kappa shape index (κ1) is 28.8. The van der Waals surface area contributed by atoms with Crippen LogP contribution in [-0.4, -0.2) is 81.0 Å². The summed E-state index contributed by atoms with van der Waals surface area (Å²) in [5, 5.41) is 50.5. The topological polar surface area (TPSA) is 203 Å². The van der Waals surface area contributed by atoms with E-state index >= 15 is 0 Å². The summed E-state index contributed by atoms with van der Waals surface area (Å²) in [7, 11) is 3.14. The van der Waals surface area contributed by atoms with Crippen LogP contribution in [0.4, 0.5) is 5.69 Å². The number of anilines is 1. The highest BCUT2D eigenvalue weighted by Gasteiger charge is 2.63. The summed E-state index contributed by atoms with van der Waals surface area (Å²) in [4.78, 5) is 53.1. The summed E-state index contributed by atoms with van der Waals surface area (Å²) in [5.74, 6) is -7.46. The van der Waals surface area contributed by atoms with Crippen molar-refractivity contribution in [2.75, 3.05) is 26.0 Å². The number of fused-ring (bicyclic) bond motifs is 3. The quantitative estimate of drug-likeness (QED) is 0.183. The second kappa shape index (κ2) is 10.6. The molecule has 0 aromatic heterocycles. The number of nitrogens with zero attached hydrogens (tertiary/aromatic N) is 1. The molecule has 2 aromatic carbocycles. The summed E-state index contributed by atoms with van der Waals surface area (Å²) in [6.07, 6.45) is 0.189. The number of phenols is 1. The number of Topliss-reactive ketones (excluding diaryl/α,β-unsaturated/α-hetero) is 2. The highest BCUT2D eigenvalue weighted by Crippen LogP contribution is 2.52. The van der Waals surface area contributed by atoms with Crippen molar-refractivity contribution in [1.29, 1.82) is 0 Å². The minimum Gasteiger partial charge on any atom is -0.510 e. The molecule has 3 aliphatic carbocycles. The number of likely N-dealkylation sites (N-methyl/N-ethyl adjacent to an activating group) is 1. The van der Waals surface area contributed by atoms with Crippen molar-refractivity contribution in [1.82, 2.24) is 10.2 Å². The second-order valence-electron chi connectivity index (χ2n) is 11.1. The average Bonchev–Trinajstić information content (AvgIpc) is 2.93. The molecule has 0 fully saturated rings. The average molecular weight is 577 g/mol. The second-order valence-corrected chi connectivity index (χ2v) is 11.1. The minimum absolute atomic E-state index is 0.00805. The van der Waals surface area contributed by atoms with Gasteiger partial charge in [-0.25, -0.2) is 0 Å². The Balaban J connectivity index is 1.45. The van der Waals surface area contributed by atoms with Gasteiger partial charge >= 0.3 is 0 Å². The highest BCUT2D eigenvalue weighted by atomic mass is 16.3. The predicted molar refractivity (Wildman–Crippen MR) is 150 cm³/mol.